The van der Waals surface area contributed by atoms with Crippen LogP contribution in [0.4, 0.5) is 0 Å². The van der Waals surface area contributed by atoms with E-state index in [2.05, 4.69) is 79.5 Å². The minimum Gasteiger partial charge on any atom is -0.393 e. The van der Waals surface area contributed by atoms with E-state index in [0.717, 1.165) is 32.4 Å². The van der Waals surface area contributed by atoms with Crippen LogP contribution in [0.15, 0.2) is 54.6 Å². The number of aliphatic hydroxyl groups is 1. The van der Waals surface area contributed by atoms with Gasteiger partial charge < -0.3 is 9.84 Å². The lowest BCUT2D eigenvalue weighted by Crippen LogP contribution is -2.75. The Morgan fingerprint density at radius 3 is 2.43 bits per heavy atom. The number of benzene rings is 2. The van der Waals surface area contributed by atoms with Crippen molar-refractivity contribution in [2.24, 2.45) is 5.92 Å². The van der Waals surface area contributed by atoms with Gasteiger partial charge in [0.15, 0.2) is 0 Å². The maximum Gasteiger partial charge on any atom is 0.0915 e. The molecule has 30 heavy (non-hydrogen) atoms. The van der Waals surface area contributed by atoms with Crippen LogP contribution in [0.25, 0.3) is 0 Å². The van der Waals surface area contributed by atoms with Gasteiger partial charge in [-0.1, -0.05) is 72.9 Å². The lowest BCUT2D eigenvalue weighted by molar-refractivity contribution is -0.151. The molecule has 2 aromatic carbocycles. The molecule has 0 spiro atoms. The summed E-state index contributed by atoms with van der Waals surface area (Å²) in [6, 6.07) is 21.0. The molecular weight excluding hydrogens is 386 g/mol. The number of aliphatic hydroxyl groups excluding tert-OH is 1. The van der Waals surface area contributed by atoms with Gasteiger partial charge in [0.05, 0.1) is 26.4 Å². The van der Waals surface area contributed by atoms with E-state index in [9.17, 15) is 5.11 Å². The van der Waals surface area contributed by atoms with E-state index >= 15 is 0 Å². The Labute approximate surface area is 181 Å². The molecule has 4 aliphatic rings. The zero-order valence-corrected chi connectivity index (χ0v) is 19.3. The van der Waals surface area contributed by atoms with Crippen LogP contribution < -0.4 is 5.19 Å². The molecule has 2 saturated heterocycles. The van der Waals surface area contributed by atoms with Crippen LogP contribution in [-0.2, 0) is 17.7 Å². The summed E-state index contributed by atoms with van der Waals surface area (Å²) in [4.78, 5) is 2.77. The number of hydrogen-bond donors (Lipinski definition) is 1. The quantitative estimate of drug-likeness (QED) is 0.753. The molecule has 3 fully saturated rings. The van der Waals surface area contributed by atoms with Crippen molar-refractivity contribution < 1.29 is 9.84 Å². The van der Waals surface area contributed by atoms with E-state index in [-0.39, 0.29) is 16.7 Å². The van der Waals surface area contributed by atoms with E-state index in [1.807, 2.05) is 0 Å². The number of hydrogen-bond acceptors (Lipinski definition) is 3. The standard InChI is InChI=1S/C26H33NO2Si/c1-25-22-14-20(28)15-23(25)27-16-19-10-8-7-9-18(19)13-24(27)26(22,17-29-25)30(2,3)21-11-5-4-6-12-21/h4-12,20,22-24,28H,13-17H2,1-3H3/t20-,22+,23-,24-,25+,26+/m0/s1. The Morgan fingerprint density at radius 2 is 1.67 bits per heavy atom. The number of ether oxygens (including phenoxy) is 1. The second-order valence-corrected chi connectivity index (χ2v) is 15.6. The van der Waals surface area contributed by atoms with Crippen molar-refractivity contribution in [1.82, 2.24) is 4.90 Å². The monoisotopic (exact) mass is 419 g/mol. The van der Waals surface area contributed by atoms with Crippen molar-refractivity contribution in [3.05, 3.63) is 65.7 Å². The van der Waals surface area contributed by atoms with Crippen LogP contribution >= 0.6 is 0 Å². The number of nitrogens with zero attached hydrogens (tertiary/aromatic N) is 1. The summed E-state index contributed by atoms with van der Waals surface area (Å²) in [6.07, 6.45) is 2.63. The molecule has 1 N–H and O–H groups in total. The second-order valence-electron chi connectivity index (χ2n) is 10.9. The van der Waals surface area contributed by atoms with E-state index in [1.54, 1.807) is 0 Å². The Balaban J connectivity index is 1.57. The fourth-order valence-corrected chi connectivity index (χ4v) is 12.3. The van der Waals surface area contributed by atoms with Crippen molar-refractivity contribution >= 4 is 13.3 Å². The van der Waals surface area contributed by atoms with Crippen LogP contribution in [0.5, 0.6) is 0 Å². The fraction of sp³-hybridized carbons (Fsp3) is 0.538. The number of fused-ring (bicyclic) bond motifs is 4. The molecule has 1 saturated carbocycles. The average molecular weight is 420 g/mol. The molecule has 0 amide bonds. The molecule has 6 atom stereocenters. The van der Waals surface area contributed by atoms with Crippen LogP contribution in [0.2, 0.25) is 18.1 Å². The van der Waals surface area contributed by atoms with Crippen LogP contribution in [-0.4, -0.2) is 48.5 Å². The van der Waals surface area contributed by atoms with E-state index in [0.29, 0.717) is 18.0 Å². The third-order valence-electron chi connectivity index (χ3n) is 9.54. The maximum absolute atomic E-state index is 11.0. The first kappa shape index (κ1) is 19.2. The molecule has 3 aliphatic heterocycles. The van der Waals surface area contributed by atoms with Gasteiger partial charge in [-0.2, -0.15) is 0 Å². The molecule has 0 aromatic heterocycles. The van der Waals surface area contributed by atoms with Gasteiger partial charge in [0.2, 0.25) is 0 Å². The smallest absolute Gasteiger partial charge is 0.0915 e. The van der Waals surface area contributed by atoms with Crippen molar-refractivity contribution in [3.63, 3.8) is 0 Å². The van der Waals surface area contributed by atoms with Gasteiger partial charge in [0.25, 0.3) is 0 Å². The van der Waals surface area contributed by atoms with E-state index in [1.165, 1.54) is 16.3 Å². The highest BCUT2D eigenvalue weighted by molar-refractivity contribution is 6.92. The maximum atomic E-state index is 11.0. The van der Waals surface area contributed by atoms with Crippen LogP contribution in [0, 0.1) is 5.92 Å². The summed E-state index contributed by atoms with van der Waals surface area (Å²) in [7, 11) is -1.95. The third-order valence-corrected chi connectivity index (χ3v) is 14.5. The molecule has 1 aliphatic carbocycles. The molecule has 4 heteroatoms. The van der Waals surface area contributed by atoms with E-state index in [4.69, 9.17) is 4.74 Å². The molecule has 2 aromatic rings. The summed E-state index contributed by atoms with van der Waals surface area (Å²) in [5, 5.41) is 12.6. The summed E-state index contributed by atoms with van der Waals surface area (Å²) in [6.45, 7) is 9.33. The van der Waals surface area contributed by atoms with Crippen LogP contribution in [0.1, 0.15) is 30.9 Å². The largest absolute Gasteiger partial charge is 0.393 e. The van der Waals surface area contributed by atoms with Gasteiger partial charge in [0.1, 0.15) is 0 Å². The van der Waals surface area contributed by atoms with Gasteiger partial charge in [-0.05, 0) is 43.2 Å². The molecule has 3 nitrogen and oxygen atoms in total. The Bertz CT molecular complexity index is 978. The number of piperidine rings is 1. The Kier molecular flexibility index (Phi) is 4.03. The molecule has 6 rings (SSSR count). The normalized spacial score (nSPS) is 40.0. The van der Waals surface area contributed by atoms with Gasteiger partial charge in [0, 0.05) is 23.7 Å². The topological polar surface area (TPSA) is 32.7 Å². The third kappa shape index (κ3) is 2.26. The zero-order valence-electron chi connectivity index (χ0n) is 18.3. The minimum atomic E-state index is -1.95. The highest BCUT2D eigenvalue weighted by atomic mass is 28.3. The summed E-state index contributed by atoms with van der Waals surface area (Å²) in [5.74, 6) is 0.423. The molecule has 158 valence electrons. The Morgan fingerprint density at radius 1 is 0.967 bits per heavy atom. The molecule has 0 unspecified atom stereocenters. The lowest BCUT2D eigenvalue weighted by atomic mass is 9.60. The molecule has 3 heterocycles. The van der Waals surface area contributed by atoms with Gasteiger partial charge >= 0.3 is 0 Å². The second kappa shape index (κ2) is 6.29. The lowest BCUT2D eigenvalue weighted by Gasteiger charge is -2.66. The predicted molar refractivity (Wildman–Crippen MR) is 123 cm³/mol. The average Bonchev–Trinajstić information content (AvgIpc) is 3.01. The molecule has 4 bridgehead atoms. The highest BCUT2D eigenvalue weighted by Crippen LogP contribution is 2.69. The first-order valence-electron chi connectivity index (χ1n) is 11.6. The number of rotatable bonds is 2. The first-order chi connectivity index (χ1) is 14.4. The van der Waals surface area contributed by atoms with Crippen molar-refractivity contribution in [2.45, 2.75) is 74.7 Å². The minimum absolute atomic E-state index is 0.106. The zero-order chi connectivity index (χ0) is 20.7. The van der Waals surface area contributed by atoms with Gasteiger partial charge in [-0.3, -0.25) is 4.90 Å². The van der Waals surface area contributed by atoms with Crippen molar-refractivity contribution in [2.75, 3.05) is 6.61 Å². The molecular formula is C26H33NO2Si. The fourth-order valence-electron chi connectivity index (χ4n) is 7.92. The first-order valence-corrected chi connectivity index (χ1v) is 14.6. The Hall–Kier alpha value is -1.46. The highest BCUT2D eigenvalue weighted by Gasteiger charge is 2.74. The van der Waals surface area contributed by atoms with Gasteiger partial charge in [-0.15, -0.1) is 0 Å². The SMILES string of the molecule is C[C@]12OC[C@]3([Si](C)(C)c4ccccc4)[C@@H]4Cc5ccccc5CN4[C@H]1C[C@@H](O)C[C@H]23. The van der Waals surface area contributed by atoms with E-state index < -0.39 is 8.07 Å². The summed E-state index contributed by atoms with van der Waals surface area (Å²) >= 11 is 0. The van der Waals surface area contributed by atoms with Crippen molar-refractivity contribution in [3.8, 4) is 0 Å². The van der Waals surface area contributed by atoms with Gasteiger partial charge in [-0.25, -0.2) is 0 Å². The summed E-state index contributed by atoms with van der Waals surface area (Å²) in [5.41, 5.74) is 2.83. The van der Waals surface area contributed by atoms with Crippen molar-refractivity contribution in [1.29, 1.82) is 0 Å². The summed E-state index contributed by atoms with van der Waals surface area (Å²) < 4.78 is 6.86. The molecule has 0 radical (unpaired) electrons. The van der Waals surface area contributed by atoms with Crippen LogP contribution in [0.3, 0.4) is 0 Å². The predicted octanol–water partition coefficient (Wildman–Crippen LogP) is 3.71.